The molecule has 10 nitrogen and oxygen atoms in total. The van der Waals surface area contributed by atoms with Crippen LogP contribution in [0.4, 0.5) is 23.1 Å². The number of fused-ring (bicyclic) bond motifs is 1. The molecule has 0 fully saturated rings. The van der Waals surface area contributed by atoms with Crippen LogP contribution in [0.5, 0.6) is 23.0 Å². The Balaban J connectivity index is 1.40. The van der Waals surface area contributed by atoms with Crippen LogP contribution in [0.1, 0.15) is 0 Å². The predicted molar refractivity (Wildman–Crippen MR) is 118 cm³/mol. The summed E-state index contributed by atoms with van der Waals surface area (Å²) in [6.45, 7) is 0.222. The monoisotopic (exact) mass is 432 g/mol. The Labute approximate surface area is 183 Å². The number of rotatable bonds is 7. The molecule has 162 valence electrons. The standard InChI is InChI=1S/C22H20N6O4/c1-29-14-6-8-17(30-2)16(11-14)25-22-26-21(27-28-22)15-4-3-9-23-20(15)24-13-5-7-18-19(10-13)32-12-31-18/h3-11H,12H2,1-2H3,(H,23,24)(H2,25,26,27,28). The fraction of sp³-hybridized carbons (Fsp3) is 0.136. The zero-order chi connectivity index (χ0) is 21.9. The summed E-state index contributed by atoms with van der Waals surface area (Å²) in [6, 6.07) is 14.8. The van der Waals surface area contributed by atoms with Crippen molar-refractivity contribution in [1.29, 1.82) is 0 Å². The van der Waals surface area contributed by atoms with Crippen molar-refractivity contribution in [3.63, 3.8) is 0 Å². The second-order valence-corrected chi connectivity index (χ2v) is 6.79. The van der Waals surface area contributed by atoms with Gasteiger partial charge in [-0.1, -0.05) is 0 Å². The van der Waals surface area contributed by atoms with E-state index in [-0.39, 0.29) is 6.79 Å². The minimum absolute atomic E-state index is 0.222. The first-order valence-electron chi connectivity index (χ1n) is 9.77. The van der Waals surface area contributed by atoms with Crippen LogP contribution < -0.4 is 29.6 Å². The second kappa shape index (κ2) is 8.34. The van der Waals surface area contributed by atoms with Gasteiger partial charge in [-0.05, 0) is 36.4 Å². The van der Waals surface area contributed by atoms with Gasteiger partial charge in [-0.25, -0.2) is 4.98 Å². The first-order chi connectivity index (χ1) is 15.7. The van der Waals surface area contributed by atoms with Crippen molar-refractivity contribution in [3.8, 4) is 34.4 Å². The first kappa shape index (κ1) is 19.5. The Hall–Kier alpha value is -4.47. The molecule has 0 bridgehead atoms. The normalized spacial score (nSPS) is 11.8. The van der Waals surface area contributed by atoms with E-state index < -0.39 is 0 Å². The van der Waals surface area contributed by atoms with E-state index in [1.54, 1.807) is 20.4 Å². The van der Waals surface area contributed by atoms with Gasteiger partial charge in [-0.3, -0.25) is 5.10 Å². The molecule has 2 aromatic heterocycles. The number of nitrogens with zero attached hydrogens (tertiary/aromatic N) is 3. The van der Waals surface area contributed by atoms with Crippen LogP contribution in [0.25, 0.3) is 11.4 Å². The van der Waals surface area contributed by atoms with E-state index in [4.69, 9.17) is 18.9 Å². The van der Waals surface area contributed by atoms with E-state index in [0.29, 0.717) is 40.5 Å². The van der Waals surface area contributed by atoms with Gasteiger partial charge in [0.25, 0.3) is 0 Å². The van der Waals surface area contributed by atoms with Crippen molar-refractivity contribution < 1.29 is 18.9 Å². The van der Waals surface area contributed by atoms with Gasteiger partial charge in [0, 0.05) is 24.0 Å². The van der Waals surface area contributed by atoms with Gasteiger partial charge in [-0.15, -0.1) is 5.10 Å². The second-order valence-electron chi connectivity index (χ2n) is 6.79. The molecule has 0 radical (unpaired) electrons. The maximum Gasteiger partial charge on any atom is 0.246 e. The van der Waals surface area contributed by atoms with Crippen LogP contribution in [0.2, 0.25) is 0 Å². The van der Waals surface area contributed by atoms with E-state index in [1.807, 2.05) is 48.5 Å². The minimum Gasteiger partial charge on any atom is -0.497 e. The highest BCUT2D eigenvalue weighted by Gasteiger charge is 2.16. The highest BCUT2D eigenvalue weighted by molar-refractivity contribution is 5.76. The topological polar surface area (TPSA) is 115 Å². The molecule has 1 aliphatic heterocycles. The number of ether oxygens (including phenoxy) is 4. The zero-order valence-corrected chi connectivity index (χ0v) is 17.4. The lowest BCUT2D eigenvalue weighted by Gasteiger charge is -2.10. The van der Waals surface area contributed by atoms with E-state index in [1.165, 1.54) is 0 Å². The van der Waals surface area contributed by atoms with Gasteiger partial charge in [-0.2, -0.15) is 4.98 Å². The molecule has 4 aromatic rings. The number of H-pyrrole nitrogens is 1. The van der Waals surface area contributed by atoms with E-state index in [2.05, 4.69) is 30.8 Å². The summed E-state index contributed by atoms with van der Waals surface area (Å²) in [5, 5.41) is 13.7. The Morgan fingerprint density at radius 2 is 1.88 bits per heavy atom. The Kier molecular flexibility index (Phi) is 5.08. The Morgan fingerprint density at radius 3 is 2.75 bits per heavy atom. The number of benzene rings is 2. The molecule has 3 N–H and O–H groups in total. The number of hydrogen-bond acceptors (Lipinski definition) is 9. The summed E-state index contributed by atoms with van der Waals surface area (Å²) in [5.74, 6) is 4.28. The van der Waals surface area contributed by atoms with Gasteiger partial charge < -0.3 is 29.6 Å². The van der Waals surface area contributed by atoms with E-state index in [0.717, 1.165) is 17.0 Å². The summed E-state index contributed by atoms with van der Waals surface area (Å²) >= 11 is 0. The molecule has 32 heavy (non-hydrogen) atoms. The molecular weight excluding hydrogens is 412 g/mol. The van der Waals surface area contributed by atoms with Crippen molar-refractivity contribution in [2.24, 2.45) is 0 Å². The molecule has 3 heterocycles. The van der Waals surface area contributed by atoms with Crippen LogP contribution in [0.15, 0.2) is 54.7 Å². The van der Waals surface area contributed by atoms with E-state index >= 15 is 0 Å². The van der Waals surface area contributed by atoms with E-state index in [9.17, 15) is 0 Å². The number of aromatic amines is 1. The molecule has 2 aromatic carbocycles. The molecule has 0 amide bonds. The summed E-state index contributed by atoms with van der Waals surface area (Å²) < 4.78 is 21.5. The number of pyridine rings is 1. The fourth-order valence-electron chi connectivity index (χ4n) is 3.28. The predicted octanol–water partition coefficient (Wildman–Crippen LogP) is 4.10. The van der Waals surface area contributed by atoms with Crippen LogP contribution in [0, 0.1) is 0 Å². The highest BCUT2D eigenvalue weighted by Crippen LogP contribution is 2.36. The smallest absolute Gasteiger partial charge is 0.246 e. The number of nitrogens with one attached hydrogen (secondary N) is 3. The van der Waals surface area contributed by atoms with Crippen molar-refractivity contribution in [2.45, 2.75) is 0 Å². The molecule has 0 spiro atoms. The van der Waals surface area contributed by atoms with Crippen LogP contribution in [0.3, 0.4) is 0 Å². The van der Waals surface area contributed by atoms with Crippen LogP contribution in [-0.2, 0) is 0 Å². The summed E-state index contributed by atoms with van der Waals surface area (Å²) in [6.07, 6.45) is 1.70. The number of aromatic nitrogens is 4. The molecule has 0 saturated heterocycles. The van der Waals surface area contributed by atoms with Gasteiger partial charge in [0.1, 0.15) is 17.3 Å². The molecule has 10 heteroatoms. The van der Waals surface area contributed by atoms with Crippen molar-refractivity contribution in [2.75, 3.05) is 31.6 Å². The molecule has 0 unspecified atom stereocenters. The minimum atomic E-state index is 0.222. The largest absolute Gasteiger partial charge is 0.497 e. The Bertz CT molecular complexity index is 1260. The highest BCUT2D eigenvalue weighted by atomic mass is 16.7. The SMILES string of the molecule is COc1ccc(OC)c(Nc2n[nH]c(-c3cccnc3Nc3ccc4c(c3)OCO4)n2)c1. The molecule has 0 atom stereocenters. The molecule has 0 saturated carbocycles. The lowest BCUT2D eigenvalue weighted by molar-refractivity contribution is 0.174. The quantitative estimate of drug-likeness (QED) is 0.397. The summed E-state index contributed by atoms with van der Waals surface area (Å²) in [5.41, 5.74) is 2.25. The van der Waals surface area contributed by atoms with Crippen molar-refractivity contribution >= 4 is 23.1 Å². The lowest BCUT2D eigenvalue weighted by Crippen LogP contribution is -1.98. The van der Waals surface area contributed by atoms with Gasteiger partial charge in [0.05, 0.1) is 25.5 Å². The summed E-state index contributed by atoms with van der Waals surface area (Å²) in [4.78, 5) is 9.03. The zero-order valence-electron chi connectivity index (χ0n) is 17.4. The maximum atomic E-state index is 5.45. The molecule has 1 aliphatic rings. The van der Waals surface area contributed by atoms with Gasteiger partial charge in [0.15, 0.2) is 17.3 Å². The average molecular weight is 432 g/mol. The van der Waals surface area contributed by atoms with Crippen molar-refractivity contribution in [1.82, 2.24) is 20.2 Å². The number of hydrogen-bond donors (Lipinski definition) is 3. The van der Waals surface area contributed by atoms with Gasteiger partial charge in [0.2, 0.25) is 12.7 Å². The average Bonchev–Trinajstić information content (AvgIpc) is 3.48. The van der Waals surface area contributed by atoms with Crippen LogP contribution >= 0.6 is 0 Å². The van der Waals surface area contributed by atoms with Gasteiger partial charge >= 0.3 is 0 Å². The summed E-state index contributed by atoms with van der Waals surface area (Å²) in [7, 11) is 3.20. The maximum absolute atomic E-state index is 5.45. The first-order valence-corrected chi connectivity index (χ1v) is 9.77. The number of methoxy groups -OCH3 is 2. The third kappa shape index (κ3) is 3.81. The Morgan fingerprint density at radius 1 is 0.969 bits per heavy atom. The molecule has 0 aliphatic carbocycles. The van der Waals surface area contributed by atoms with Crippen molar-refractivity contribution in [3.05, 3.63) is 54.7 Å². The lowest BCUT2D eigenvalue weighted by atomic mass is 10.2. The third-order valence-electron chi connectivity index (χ3n) is 4.84. The number of anilines is 4. The van der Waals surface area contributed by atoms with Crippen LogP contribution in [-0.4, -0.2) is 41.2 Å². The third-order valence-corrected chi connectivity index (χ3v) is 4.84. The fourth-order valence-corrected chi connectivity index (χ4v) is 3.28. The molecular formula is C22H20N6O4. The molecule has 5 rings (SSSR count).